The third-order valence-corrected chi connectivity index (χ3v) is 8.41. The van der Waals surface area contributed by atoms with Gasteiger partial charge < -0.3 is 33.6 Å². The number of piperazine rings is 1. The fraction of sp³-hybridized carbons (Fsp3) is 0.576. The van der Waals surface area contributed by atoms with E-state index in [1.165, 1.54) is 18.2 Å². The third-order valence-electron chi connectivity index (χ3n) is 8.06. The summed E-state index contributed by atoms with van der Waals surface area (Å²) in [6, 6.07) is 3.52. The lowest BCUT2D eigenvalue weighted by Gasteiger charge is -2.40. The summed E-state index contributed by atoms with van der Waals surface area (Å²) in [5.74, 6) is -0.894. The number of nitrogens with zero attached hydrogens (tertiary/aromatic N) is 4. The van der Waals surface area contributed by atoms with Gasteiger partial charge in [0, 0.05) is 31.7 Å². The van der Waals surface area contributed by atoms with Crippen molar-refractivity contribution >= 4 is 35.6 Å². The minimum absolute atomic E-state index is 0.0164. The number of fused-ring (bicyclic) bond motifs is 2. The minimum Gasteiger partial charge on any atom is -0.489 e. The summed E-state index contributed by atoms with van der Waals surface area (Å²) in [5.41, 5.74) is -1.96. The Morgan fingerprint density at radius 1 is 1.04 bits per heavy atom. The van der Waals surface area contributed by atoms with Crippen molar-refractivity contribution in [3.63, 3.8) is 0 Å². The van der Waals surface area contributed by atoms with E-state index >= 15 is 4.39 Å². The number of ether oxygens (including phenoxy) is 4. The Hall–Kier alpha value is -3.80. The maximum atomic E-state index is 15.7. The molecule has 0 radical (unpaired) electrons. The zero-order valence-electron chi connectivity index (χ0n) is 27.7. The first-order valence-electron chi connectivity index (χ1n) is 15.5. The second-order valence-corrected chi connectivity index (χ2v) is 14.8. The van der Waals surface area contributed by atoms with E-state index in [4.69, 9.17) is 35.5 Å². The molecule has 2 aromatic rings. The number of hydrogen-bond donors (Lipinski definition) is 0. The SMILES string of the molecule is CC(C)(C)OC(=O)Oc1cccc(F)c1-c1nc(N2CCCC2(C)C)c2c(c1Cl)OC[C@H]1CN(C(=O)OC(C)(C)C)CCN1C2=O. The van der Waals surface area contributed by atoms with Crippen LogP contribution < -0.4 is 14.4 Å². The van der Waals surface area contributed by atoms with Gasteiger partial charge in [0.25, 0.3) is 5.91 Å². The zero-order chi connectivity index (χ0) is 33.8. The molecule has 2 fully saturated rings. The summed E-state index contributed by atoms with van der Waals surface area (Å²) < 4.78 is 38.4. The smallest absolute Gasteiger partial charge is 0.489 e. The predicted molar refractivity (Wildman–Crippen MR) is 170 cm³/mol. The molecule has 3 aliphatic rings. The van der Waals surface area contributed by atoms with E-state index in [1.807, 2.05) is 18.7 Å². The van der Waals surface area contributed by atoms with E-state index in [0.29, 0.717) is 12.4 Å². The van der Waals surface area contributed by atoms with Crippen LogP contribution >= 0.6 is 11.6 Å². The van der Waals surface area contributed by atoms with E-state index in [2.05, 4.69) is 0 Å². The summed E-state index contributed by atoms with van der Waals surface area (Å²) in [6.45, 7) is 15.9. The molecule has 13 heteroatoms. The summed E-state index contributed by atoms with van der Waals surface area (Å²) in [6.07, 6.45) is 0.185. The number of amides is 2. The van der Waals surface area contributed by atoms with E-state index in [1.54, 1.807) is 51.3 Å². The maximum absolute atomic E-state index is 15.7. The van der Waals surface area contributed by atoms with Crippen LogP contribution in [-0.2, 0) is 9.47 Å². The first-order valence-corrected chi connectivity index (χ1v) is 15.9. The van der Waals surface area contributed by atoms with Gasteiger partial charge in [0.2, 0.25) is 0 Å². The second kappa shape index (κ2) is 12.1. The van der Waals surface area contributed by atoms with Crippen molar-refractivity contribution in [3.8, 4) is 22.8 Å². The molecule has 4 heterocycles. The number of pyridine rings is 1. The fourth-order valence-corrected chi connectivity index (χ4v) is 6.27. The molecule has 0 unspecified atom stereocenters. The standard InChI is InChI=1S/C33H42ClFN4O7/c1-31(2,3)45-29(41)37-15-16-38-19(17-37)18-43-26-23(28(38)40)27(39-14-10-13-33(39,7)8)36-25(24(26)34)22-20(35)11-9-12-21(22)44-30(42)46-32(4,5)6/h9,11-12,19H,10,13-18H2,1-8H3/t19-/m1/s1. The van der Waals surface area contributed by atoms with E-state index < -0.39 is 40.8 Å². The van der Waals surface area contributed by atoms with Gasteiger partial charge in [-0.05, 0) is 80.4 Å². The predicted octanol–water partition coefficient (Wildman–Crippen LogP) is 6.69. The van der Waals surface area contributed by atoms with Crippen LogP contribution in [0.4, 0.5) is 19.8 Å². The number of carbonyl (C=O) groups excluding carboxylic acids is 3. The quantitative estimate of drug-likeness (QED) is 0.263. The number of halogens is 2. The summed E-state index contributed by atoms with van der Waals surface area (Å²) >= 11 is 6.99. The van der Waals surface area contributed by atoms with E-state index in [-0.39, 0.29) is 65.5 Å². The Labute approximate surface area is 273 Å². The van der Waals surface area contributed by atoms with Gasteiger partial charge in [0.1, 0.15) is 51.5 Å². The van der Waals surface area contributed by atoms with Crippen LogP contribution in [0, 0.1) is 5.82 Å². The molecule has 250 valence electrons. The van der Waals surface area contributed by atoms with Gasteiger partial charge in [-0.1, -0.05) is 17.7 Å². The van der Waals surface area contributed by atoms with Gasteiger partial charge >= 0.3 is 12.2 Å². The number of carbonyl (C=O) groups is 3. The van der Waals surface area contributed by atoms with Crippen LogP contribution in [-0.4, -0.2) is 88.5 Å². The molecule has 0 aliphatic carbocycles. The van der Waals surface area contributed by atoms with Gasteiger partial charge in [0.15, 0.2) is 5.75 Å². The molecule has 1 aromatic carbocycles. The van der Waals surface area contributed by atoms with Gasteiger partial charge in [-0.2, -0.15) is 0 Å². The zero-order valence-corrected chi connectivity index (χ0v) is 28.4. The van der Waals surface area contributed by atoms with Crippen molar-refractivity contribution in [2.45, 2.75) is 91.0 Å². The third kappa shape index (κ3) is 6.82. The molecule has 5 rings (SSSR count). The van der Waals surface area contributed by atoms with Crippen LogP contribution in [0.15, 0.2) is 18.2 Å². The highest BCUT2D eigenvalue weighted by molar-refractivity contribution is 6.35. The van der Waals surface area contributed by atoms with E-state index in [0.717, 1.165) is 12.8 Å². The van der Waals surface area contributed by atoms with Crippen LogP contribution in [0.2, 0.25) is 5.02 Å². The number of benzene rings is 1. The van der Waals surface area contributed by atoms with Gasteiger partial charge in [-0.25, -0.2) is 19.0 Å². The number of aromatic nitrogens is 1. The highest BCUT2D eigenvalue weighted by Gasteiger charge is 2.44. The van der Waals surface area contributed by atoms with Crippen molar-refractivity contribution < 1.29 is 37.7 Å². The normalized spacial score (nSPS) is 19.6. The van der Waals surface area contributed by atoms with E-state index in [9.17, 15) is 14.4 Å². The van der Waals surface area contributed by atoms with Crippen LogP contribution in [0.3, 0.4) is 0 Å². The fourth-order valence-electron chi connectivity index (χ4n) is 5.98. The largest absolute Gasteiger partial charge is 0.514 e. The highest BCUT2D eigenvalue weighted by Crippen LogP contribution is 2.48. The Bertz CT molecular complexity index is 1550. The van der Waals surface area contributed by atoms with Crippen LogP contribution in [0.5, 0.6) is 11.5 Å². The second-order valence-electron chi connectivity index (χ2n) is 14.4. The molecule has 0 bridgehead atoms. The Kier molecular flexibility index (Phi) is 8.82. The average Bonchev–Trinajstić information content (AvgIpc) is 3.20. The number of hydrogen-bond acceptors (Lipinski definition) is 9. The molecule has 0 N–H and O–H groups in total. The molecule has 0 saturated carbocycles. The molecule has 2 amide bonds. The van der Waals surface area contributed by atoms with Crippen molar-refractivity contribution in [2.75, 3.05) is 37.7 Å². The van der Waals surface area contributed by atoms with Crippen molar-refractivity contribution in [2.24, 2.45) is 0 Å². The lowest BCUT2D eigenvalue weighted by molar-refractivity contribution is 0.000933. The van der Waals surface area contributed by atoms with Crippen LogP contribution in [0.1, 0.15) is 78.6 Å². The van der Waals surface area contributed by atoms with Gasteiger partial charge in [-0.15, -0.1) is 0 Å². The summed E-state index contributed by atoms with van der Waals surface area (Å²) in [4.78, 5) is 50.1. The molecule has 46 heavy (non-hydrogen) atoms. The number of rotatable bonds is 3. The van der Waals surface area contributed by atoms with Gasteiger partial charge in [-0.3, -0.25) is 4.79 Å². The maximum Gasteiger partial charge on any atom is 0.514 e. The number of anilines is 1. The van der Waals surface area contributed by atoms with Crippen molar-refractivity contribution in [3.05, 3.63) is 34.6 Å². The van der Waals surface area contributed by atoms with Crippen molar-refractivity contribution in [1.82, 2.24) is 14.8 Å². The monoisotopic (exact) mass is 660 g/mol. The minimum atomic E-state index is -1.02. The molecule has 0 spiro atoms. The molecule has 1 aromatic heterocycles. The Morgan fingerprint density at radius 2 is 1.74 bits per heavy atom. The van der Waals surface area contributed by atoms with Crippen LogP contribution in [0.25, 0.3) is 11.3 Å². The molecule has 11 nitrogen and oxygen atoms in total. The molecular formula is C33H42ClFN4O7. The topological polar surface area (TPSA) is 111 Å². The lowest BCUT2D eigenvalue weighted by atomic mass is 10.0. The molecular weight excluding hydrogens is 619 g/mol. The first kappa shape index (κ1) is 33.6. The summed E-state index contributed by atoms with van der Waals surface area (Å²) in [5, 5.41) is -0.105. The van der Waals surface area contributed by atoms with Gasteiger partial charge in [0.05, 0.1) is 11.6 Å². The van der Waals surface area contributed by atoms with Crippen molar-refractivity contribution in [1.29, 1.82) is 0 Å². The average molecular weight is 661 g/mol. The summed E-state index contributed by atoms with van der Waals surface area (Å²) in [7, 11) is 0. The Morgan fingerprint density at radius 3 is 2.37 bits per heavy atom. The molecule has 1 atom stereocenters. The lowest BCUT2D eigenvalue weighted by Crippen LogP contribution is -2.58. The first-order chi connectivity index (χ1) is 21.4. The highest BCUT2D eigenvalue weighted by atomic mass is 35.5. The molecule has 3 aliphatic heterocycles. The Balaban J connectivity index is 1.61. The molecule has 2 saturated heterocycles.